The molecule has 88 valence electrons. The van der Waals surface area contributed by atoms with Gasteiger partial charge in [-0.05, 0) is 42.9 Å². The summed E-state index contributed by atoms with van der Waals surface area (Å²) in [5, 5.41) is 4.42. The summed E-state index contributed by atoms with van der Waals surface area (Å²) in [7, 11) is 0. The Morgan fingerprint density at radius 1 is 1.35 bits per heavy atom. The molecular formula is C14H17N3. The molecule has 0 amide bonds. The number of benzene rings is 1. The monoisotopic (exact) mass is 227 g/mol. The summed E-state index contributed by atoms with van der Waals surface area (Å²) in [5.74, 6) is 1.26. The van der Waals surface area contributed by atoms with Crippen LogP contribution in [0.5, 0.6) is 0 Å². The second kappa shape index (κ2) is 4.00. The van der Waals surface area contributed by atoms with Gasteiger partial charge in [0.2, 0.25) is 0 Å². The SMILES string of the molecule is CC(N)C1CC1c1cnn(-c2ccccc2)c1. The normalized spacial score (nSPS) is 24.6. The lowest BCUT2D eigenvalue weighted by Gasteiger charge is -2.01. The fourth-order valence-corrected chi connectivity index (χ4v) is 2.43. The number of nitrogens with zero attached hydrogens (tertiary/aromatic N) is 2. The third-order valence-corrected chi connectivity index (χ3v) is 3.57. The highest BCUT2D eigenvalue weighted by Gasteiger charge is 2.41. The summed E-state index contributed by atoms with van der Waals surface area (Å²) in [4.78, 5) is 0. The molecule has 17 heavy (non-hydrogen) atoms. The maximum atomic E-state index is 5.92. The van der Waals surface area contributed by atoms with E-state index in [-0.39, 0.29) is 0 Å². The Morgan fingerprint density at radius 3 is 2.76 bits per heavy atom. The van der Waals surface area contributed by atoms with Crippen LogP contribution in [0.1, 0.15) is 24.8 Å². The lowest BCUT2D eigenvalue weighted by Crippen LogP contribution is -2.17. The number of aromatic nitrogens is 2. The topological polar surface area (TPSA) is 43.8 Å². The second-order valence-corrected chi connectivity index (χ2v) is 4.92. The summed E-state index contributed by atoms with van der Waals surface area (Å²) in [6.45, 7) is 2.09. The third-order valence-electron chi connectivity index (χ3n) is 3.57. The molecule has 0 saturated heterocycles. The van der Waals surface area contributed by atoms with Crippen LogP contribution in [0, 0.1) is 5.92 Å². The molecule has 0 bridgehead atoms. The van der Waals surface area contributed by atoms with Gasteiger partial charge in [0, 0.05) is 12.2 Å². The van der Waals surface area contributed by atoms with Gasteiger partial charge in [-0.1, -0.05) is 18.2 Å². The molecule has 1 heterocycles. The predicted molar refractivity (Wildman–Crippen MR) is 68.1 cm³/mol. The number of hydrogen-bond acceptors (Lipinski definition) is 2. The van der Waals surface area contributed by atoms with Crippen molar-refractivity contribution in [3.63, 3.8) is 0 Å². The van der Waals surface area contributed by atoms with Crippen molar-refractivity contribution in [2.45, 2.75) is 25.3 Å². The Hall–Kier alpha value is -1.61. The molecule has 3 unspecified atom stereocenters. The zero-order valence-corrected chi connectivity index (χ0v) is 9.95. The molecule has 0 aliphatic heterocycles. The Balaban J connectivity index is 1.81. The van der Waals surface area contributed by atoms with E-state index >= 15 is 0 Å². The molecule has 0 radical (unpaired) electrons. The van der Waals surface area contributed by atoms with E-state index in [0.29, 0.717) is 17.9 Å². The Labute approximate surface area is 101 Å². The smallest absolute Gasteiger partial charge is 0.0645 e. The van der Waals surface area contributed by atoms with E-state index in [9.17, 15) is 0 Å². The van der Waals surface area contributed by atoms with Crippen molar-refractivity contribution < 1.29 is 0 Å². The van der Waals surface area contributed by atoms with Crippen LogP contribution >= 0.6 is 0 Å². The highest BCUT2D eigenvalue weighted by Crippen LogP contribution is 2.48. The van der Waals surface area contributed by atoms with E-state index < -0.39 is 0 Å². The molecule has 3 nitrogen and oxygen atoms in total. The van der Waals surface area contributed by atoms with Crippen molar-refractivity contribution in [2.24, 2.45) is 11.7 Å². The maximum absolute atomic E-state index is 5.92. The summed E-state index contributed by atoms with van der Waals surface area (Å²) >= 11 is 0. The van der Waals surface area contributed by atoms with Crippen molar-refractivity contribution in [1.82, 2.24) is 9.78 Å². The highest BCUT2D eigenvalue weighted by molar-refractivity contribution is 5.32. The molecule has 1 fully saturated rings. The zero-order chi connectivity index (χ0) is 11.8. The Kier molecular flexibility index (Phi) is 2.48. The van der Waals surface area contributed by atoms with Crippen molar-refractivity contribution in [3.05, 3.63) is 48.3 Å². The quantitative estimate of drug-likeness (QED) is 0.874. The van der Waals surface area contributed by atoms with Gasteiger partial charge in [0.05, 0.1) is 11.9 Å². The van der Waals surface area contributed by atoms with Gasteiger partial charge < -0.3 is 5.73 Å². The first-order valence-electron chi connectivity index (χ1n) is 6.11. The number of para-hydroxylation sites is 1. The number of rotatable bonds is 3. The molecule has 1 aliphatic rings. The van der Waals surface area contributed by atoms with Crippen molar-refractivity contribution in [1.29, 1.82) is 0 Å². The first kappa shape index (κ1) is 10.5. The van der Waals surface area contributed by atoms with Crippen LogP contribution in [-0.2, 0) is 0 Å². The van der Waals surface area contributed by atoms with Crippen LogP contribution in [0.2, 0.25) is 0 Å². The van der Waals surface area contributed by atoms with E-state index in [0.717, 1.165) is 5.69 Å². The summed E-state index contributed by atoms with van der Waals surface area (Å²) in [6, 6.07) is 10.5. The molecule has 3 rings (SSSR count). The van der Waals surface area contributed by atoms with Crippen LogP contribution in [-0.4, -0.2) is 15.8 Å². The molecular weight excluding hydrogens is 210 g/mol. The predicted octanol–water partition coefficient (Wildman–Crippen LogP) is 2.32. The van der Waals surface area contributed by atoms with E-state index in [1.54, 1.807) is 0 Å². The van der Waals surface area contributed by atoms with Crippen LogP contribution in [0.4, 0.5) is 0 Å². The highest BCUT2D eigenvalue weighted by atomic mass is 15.3. The van der Waals surface area contributed by atoms with Crippen LogP contribution in [0.15, 0.2) is 42.7 Å². The molecule has 1 saturated carbocycles. The average molecular weight is 227 g/mol. The third kappa shape index (κ3) is 1.98. The van der Waals surface area contributed by atoms with Crippen LogP contribution in [0.25, 0.3) is 5.69 Å². The molecule has 1 aromatic heterocycles. The average Bonchev–Trinajstić information content (AvgIpc) is 3.01. The van der Waals surface area contributed by atoms with Gasteiger partial charge in [-0.2, -0.15) is 5.10 Å². The molecule has 1 aliphatic carbocycles. The Bertz CT molecular complexity index is 501. The number of nitrogens with two attached hydrogens (primary N) is 1. The van der Waals surface area contributed by atoms with Gasteiger partial charge in [0.1, 0.15) is 0 Å². The molecule has 0 spiro atoms. The van der Waals surface area contributed by atoms with Gasteiger partial charge in [0.15, 0.2) is 0 Å². The molecule has 2 aromatic rings. The summed E-state index contributed by atoms with van der Waals surface area (Å²) < 4.78 is 1.94. The summed E-state index contributed by atoms with van der Waals surface area (Å²) in [5.41, 5.74) is 8.34. The van der Waals surface area contributed by atoms with Crippen molar-refractivity contribution >= 4 is 0 Å². The van der Waals surface area contributed by atoms with Crippen molar-refractivity contribution in [2.75, 3.05) is 0 Å². The maximum Gasteiger partial charge on any atom is 0.0645 e. The fourth-order valence-electron chi connectivity index (χ4n) is 2.43. The molecule has 3 heteroatoms. The standard InChI is InChI=1S/C14H17N3/c1-10(15)13-7-14(13)11-8-16-17(9-11)12-5-3-2-4-6-12/h2-6,8-10,13-14H,7,15H2,1H3. The first-order chi connectivity index (χ1) is 8.25. The molecule has 3 atom stereocenters. The molecule has 2 N–H and O–H groups in total. The molecule has 1 aromatic carbocycles. The first-order valence-corrected chi connectivity index (χ1v) is 6.11. The zero-order valence-electron chi connectivity index (χ0n) is 9.95. The van der Waals surface area contributed by atoms with E-state index in [1.807, 2.05) is 29.1 Å². The fraction of sp³-hybridized carbons (Fsp3) is 0.357. The van der Waals surface area contributed by atoms with E-state index in [1.165, 1.54) is 12.0 Å². The lowest BCUT2D eigenvalue weighted by molar-refractivity contribution is 0.631. The van der Waals surface area contributed by atoms with Crippen molar-refractivity contribution in [3.8, 4) is 5.69 Å². The van der Waals surface area contributed by atoms with Gasteiger partial charge in [-0.3, -0.25) is 0 Å². The second-order valence-electron chi connectivity index (χ2n) is 4.92. The van der Waals surface area contributed by atoms with Gasteiger partial charge in [-0.15, -0.1) is 0 Å². The van der Waals surface area contributed by atoms with Crippen LogP contribution in [0.3, 0.4) is 0 Å². The van der Waals surface area contributed by atoms with E-state index in [4.69, 9.17) is 5.73 Å². The number of hydrogen-bond donors (Lipinski definition) is 1. The minimum atomic E-state index is 0.292. The minimum Gasteiger partial charge on any atom is -0.328 e. The van der Waals surface area contributed by atoms with Gasteiger partial charge in [0.25, 0.3) is 0 Å². The van der Waals surface area contributed by atoms with Crippen LogP contribution < -0.4 is 5.73 Å². The van der Waals surface area contributed by atoms with Gasteiger partial charge >= 0.3 is 0 Å². The summed E-state index contributed by atoms with van der Waals surface area (Å²) in [6.07, 6.45) is 5.31. The Morgan fingerprint density at radius 2 is 2.12 bits per heavy atom. The lowest BCUT2D eigenvalue weighted by atomic mass is 10.1. The largest absolute Gasteiger partial charge is 0.328 e. The van der Waals surface area contributed by atoms with E-state index in [2.05, 4.69) is 30.4 Å². The van der Waals surface area contributed by atoms with Gasteiger partial charge in [-0.25, -0.2) is 4.68 Å². The minimum absolute atomic E-state index is 0.292.